The molecule has 1 unspecified atom stereocenters. The van der Waals surface area contributed by atoms with Gasteiger partial charge in [0.15, 0.2) is 0 Å². The normalized spacial score (nSPS) is 12.7. The van der Waals surface area contributed by atoms with Crippen molar-refractivity contribution < 1.29 is 0 Å². The number of hydrogen-bond acceptors (Lipinski definition) is 3. The predicted octanol–water partition coefficient (Wildman–Crippen LogP) is 3.56. The maximum absolute atomic E-state index is 5.97. The lowest BCUT2D eigenvalue weighted by Crippen LogP contribution is -2.28. The van der Waals surface area contributed by atoms with Gasteiger partial charge in [0.1, 0.15) is 0 Å². The Labute approximate surface area is 117 Å². The number of nitrogens with two attached hydrogens (primary N) is 1. The van der Waals surface area contributed by atoms with Gasteiger partial charge in [-0.25, -0.2) is 5.43 Å². The monoisotopic (exact) mass is 364 g/mol. The van der Waals surface area contributed by atoms with Gasteiger partial charge in [-0.05, 0) is 57.3 Å². The Morgan fingerprint density at radius 2 is 2.12 bits per heavy atom. The lowest BCUT2D eigenvalue weighted by atomic mass is 10.0. The Morgan fingerprint density at radius 1 is 1.31 bits per heavy atom. The molecule has 1 atom stereocenters. The van der Waals surface area contributed by atoms with Crippen LogP contribution >= 0.6 is 45.5 Å². The summed E-state index contributed by atoms with van der Waals surface area (Å²) in [5, 5.41) is 2.83. The molecule has 0 aliphatic carbocycles. The van der Waals surface area contributed by atoms with Crippen molar-refractivity contribution in [2.24, 2.45) is 5.84 Å². The van der Waals surface area contributed by atoms with E-state index in [9.17, 15) is 0 Å². The summed E-state index contributed by atoms with van der Waals surface area (Å²) in [5.41, 5.74) is 5.06. The van der Waals surface area contributed by atoms with Crippen molar-refractivity contribution in [3.8, 4) is 0 Å². The lowest BCUT2D eigenvalue weighted by molar-refractivity contribution is 0.639. The van der Waals surface area contributed by atoms with Crippen LogP contribution < -0.4 is 11.3 Å². The highest BCUT2D eigenvalue weighted by Gasteiger charge is 2.13. The van der Waals surface area contributed by atoms with Crippen LogP contribution in [0.4, 0.5) is 0 Å². The van der Waals surface area contributed by atoms with Gasteiger partial charge in [0.2, 0.25) is 0 Å². The smallest absolute Gasteiger partial charge is 0.0719 e. The summed E-state index contributed by atoms with van der Waals surface area (Å²) in [7, 11) is 0. The van der Waals surface area contributed by atoms with Gasteiger partial charge in [0.05, 0.1) is 8.93 Å². The van der Waals surface area contributed by atoms with Crippen LogP contribution in [0, 0.1) is 2.88 Å². The van der Waals surface area contributed by atoms with Gasteiger partial charge in [-0.1, -0.05) is 23.7 Å². The fourth-order valence-electron chi connectivity index (χ4n) is 1.55. The quantitative estimate of drug-likeness (QED) is 0.496. The number of halogens is 2. The highest BCUT2D eigenvalue weighted by atomic mass is 127. The molecule has 0 saturated heterocycles. The summed E-state index contributed by atoms with van der Waals surface area (Å²) in [4.78, 5) is 0. The fraction of sp³-hybridized carbons (Fsp3) is 0.0909. The minimum absolute atomic E-state index is 0.00142. The van der Waals surface area contributed by atoms with Crippen LogP contribution in [0.3, 0.4) is 0 Å². The predicted molar refractivity (Wildman–Crippen MR) is 77.7 cm³/mol. The SMILES string of the molecule is NNC(c1cccc(Cl)c1)c1csc(I)c1. The number of hydrazine groups is 1. The first-order valence-electron chi connectivity index (χ1n) is 4.66. The van der Waals surface area contributed by atoms with Gasteiger partial charge < -0.3 is 0 Å². The van der Waals surface area contributed by atoms with Crippen LogP contribution in [0.2, 0.25) is 5.02 Å². The van der Waals surface area contributed by atoms with Gasteiger partial charge in [-0.15, -0.1) is 11.3 Å². The first-order valence-corrected chi connectivity index (χ1v) is 7.00. The van der Waals surface area contributed by atoms with Crippen molar-refractivity contribution in [3.05, 3.63) is 54.7 Å². The molecule has 84 valence electrons. The third-order valence-corrected chi connectivity index (χ3v) is 4.31. The summed E-state index contributed by atoms with van der Waals surface area (Å²) in [6.45, 7) is 0. The second kappa shape index (κ2) is 5.46. The van der Waals surface area contributed by atoms with E-state index in [1.54, 1.807) is 11.3 Å². The van der Waals surface area contributed by atoms with Crippen molar-refractivity contribution in [1.29, 1.82) is 0 Å². The topological polar surface area (TPSA) is 38.0 Å². The van der Waals surface area contributed by atoms with E-state index < -0.39 is 0 Å². The number of nitrogens with one attached hydrogen (secondary N) is 1. The summed E-state index contributed by atoms with van der Waals surface area (Å²) in [5.74, 6) is 5.61. The van der Waals surface area contributed by atoms with Crippen molar-refractivity contribution in [2.45, 2.75) is 6.04 Å². The number of benzene rings is 1. The van der Waals surface area contributed by atoms with Gasteiger partial charge in [-0.2, -0.15) is 0 Å². The Bertz CT molecular complexity index is 486. The third-order valence-electron chi connectivity index (χ3n) is 2.27. The van der Waals surface area contributed by atoms with E-state index >= 15 is 0 Å². The van der Waals surface area contributed by atoms with E-state index in [1.165, 1.54) is 8.45 Å². The molecule has 2 aromatic rings. The summed E-state index contributed by atoms with van der Waals surface area (Å²) >= 11 is 9.98. The largest absolute Gasteiger partial charge is 0.271 e. The second-order valence-corrected chi connectivity index (χ2v) is 6.58. The zero-order valence-electron chi connectivity index (χ0n) is 8.28. The first kappa shape index (κ1) is 12.3. The van der Waals surface area contributed by atoms with Crippen LogP contribution in [0.5, 0.6) is 0 Å². The third kappa shape index (κ3) is 2.75. The molecule has 0 aliphatic heterocycles. The Hall–Kier alpha value is -0.140. The fourth-order valence-corrected chi connectivity index (χ4v) is 3.14. The van der Waals surface area contributed by atoms with Crippen LogP contribution in [0.1, 0.15) is 17.2 Å². The highest BCUT2D eigenvalue weighted by molar-refractivity contribution is 14.1. The summed E-state index contributed by atoms with van der Waals surface area (Å²) < 4.78 is 1.25. The zero-order chi connectivity index (χ0) is 11.5. The van der Waals surface area contributed by atoms with Crippen molar-refractivity contribution >= 4 is 45.5 Å². The van der Waals surface area contributed by atoms with E-state index in [0.29, 0.717) is 0 Å². The molecule has 16 heavy (non-hydrogen) atoms. The average molecular weight is 365 g/mol. The average Bonchev–Trinajstić information content (AvgIpc) is 2.66. The molecular weight excluding hydrogens is 355 g/mol. The van der Waals surface area contributed by atoms with Gasteiger partial charge >= 0.3 is 0 Å². The number of thiophene rings is 1. The molecular formula is C11H10ClIN2S. The van der Waals surface area contributed by atoms with E-state index in [0.717, 1.165) is 10.6 Å². The van der Waals surface area contributed by atoms with Crippen LogP contribution in [0.25, 0.3) is 0 Å². The summed E-state index contributed by atoms with van der Waals surface area (Å²) in [6.07, 6.45) is 0. The van der Waals surface area contributed by atoms with E-state index in [1.807, 2.05) is 24.3 Å². The molecule has 1 heterocycles. The van der Waals surface area contributed by atoms with Crippen molar-refractivity contribution in [2.75, 3.05) is 0 Å². The molecule has 0 aliphatic rings. The van der Waals surface area contributed by atoms with Crippen molar-refractivity contribution in [3.63, 3.8) is 0 Å². The molecule has 1 aromatic carbocycles. The lowest BCUT2D eigenvalue weighted by Gasteiger charge is -2.15. The molecule has 2 nitrogen and oxygen atoms in total. The molecule has 0 spiro atoms. The van der Waals surface area contributed by atoms with Crippen LogP contribution in [-0.4, -0.2) is 0 Å². The molecule has 3 N–H and O–H groups in total. The van der Waals surface area contributed by atoms with Crippen molar-refractivity contribution in [1.82, 2.24) is 5.43 Å². The number of rotatable bonds is 3. The van der Waals surface area contributed by atoms with Gasteiger partial charge in [0, 0.05) is 5.02 Å². The second-order valence-electron chi connectivity index (χ2n) is 3.34. The maximum Gasteiger partial charge on any atom is 0.0719 e. The van der Waals surface area contributed by atoms with E-state index in [-0.39, 0.29) is 6.04 Å². The molecule has 0 bridgehead atoms. The number of hydrogen-bond donors (Lipinski definition) is 2. The standard InChI is InChI=1S/C11H10ClIN2S/c12-9-3-1-2-7(4-9)11(15-14)8-5-10(13)16-6-8/h1-6,11,15H,14H2. The zero-order valence-corrected chi connectivity index (χ0v) is 12.0. The van der Waals surface area contributed by atoms with E-state index in [2.05, 4.69) is 39.5 Å². The Kier molecular flexibility index (Phi) is 4.21. The highest BCUT2D eigenvalue weighted by Crippen LogP contribution is 2.27. The van der Waals surface area contributed by atoms with Crippen LogP contribution in [0.15, 0.2) is 35.7 Å². The van der Waals surface area contributed by atoms with Gasteiger partial charge in [0.25, 0.3) is 0 Å². The molecule has 0 fully saturated rings. The molecule has 0 amide bonds. The molecule has 0 saturated carbocycles. The first-order chi connectivity index (χ1) is 7.70. The minimum atomic E-state index is -0.00142. The summed E-state index contributed by atoms with van der Waals surface area (Å²) in [6, 6.07) is 9.85. The van der Waals surface area contributed by atoms with Gasteiger partial charge in [-0.3, -0.25) is 5.84 Å². The Morgan fingerprint density at radius 3 is 2.69 bits per heavy atom. The molecule has 2 rings (SSSR count). The minimum Gasteiger partial charge on any atom is -0.271 e. The van der Waals surface area contributed by atoms with E-state index in [4.69, 9.17) is 17.4 Å². The maximum atomic E-state index is 5.97. The Balaban J connectivity index is 2.36. The molecule has 0 radical (unpaired) electrons. The molecule has 5 heteroatoms. The van der Waals surface area contributed by atoms with Crippen LogP contribution in [-0.2, 0) is 0 Å². The molecule has 1 aromatic heterocycles.